The van der Waals surface area contributed by atoms with E-state index >= 15 is 0 Å². The third-order valence-electron chi connectivity index (χ3n) is 3.58. The van der Waals surface area contributed by atoms with Crippen molar-refractivity contribution in [3.8, 4) is 0 Å². The van der Waals surface area contributed by atoms with Gasteiger partial charge in [0.2, 0.25) is 5.91 Å². The van der Waals surface area contributed by atoms with Crippen LogP contribution >= 0.6 is 0 Å². The molecule has 1 aromatic carbocycles. The first kappa shape index (κ1) is 13.8. The van der Waals surface area contributed by atoms with Crippen LogP contribution in [-0.4, -0.2) is 37.0 Å². The van der Waals surface area contributed by atoms with Crippen molar-refractivity contribution in [2.24, 2.45) is 0 Å². The number of hydrogen-bond donors (Lipinski definition) is 1. The molecule has 102 valence electrons. The Kier molecular flexibility index (Phi) is 4.74. The van der Waals surface area contributed by atoms with E-state index in [0.29, 0.717) is 0 Å². The number of carbonyl (C=O) groups excluding carboxylic acids is 1. The Morgan fingerprint density at radius 3 is 2.84 bits per heavy atom. The molecule has 0 unspecified atom stereocenters. The van der Waals surface area contributed by atoms with Crippen molar-refractivity contribution in [2.75, 3.05) is 20.1 Å². The number of amides is 1. The maximum Gasteiger partial charge on any atom is 0.237 e. The zero-order chi connectivity index (χ0) is 13.7. The number of likely N-dealkylation sites (tertiary alicyclic amines) is 1. The van der Waals surface area contributed by atoms with Crippen molar-refractivity contribution in [1.29, 1.82) is 0 Å². The topological polar surface area (TPSA) is 32.3 Å². The van der Waals surface area contributed by atoms with Gasteiger partial charge in [0.25, 0.3) is 0 Å². The molecular formula is C16H22N2O. The summed E-state index contributed by atoms with van der Waals surface area (Å²) in [5.74, 6) is 0.144. The summed E-state index contributed by atoms with van der Waals surface area (Å²) in [5.41, 5.74) is 2.51. The van der Waals surface area contributed by atoms with Gasteiger partial charge in [0, 0.05) is 13.6 Å². The largest absolute Gasteiger partial charge is 0.358 e. The van der Waals surface area contributed by atoms with Gasteiger partial charge in [0.15, 0.2) is 0 Å². The highest BCUT2D eigenvalue weighted by atomic mass is 16.2. The van der Waals surface area contributed by atoms with Crippen LogP contribution in [-0.2, 0) is 4.79 Å². The van der Waals surface area contributed by atoms with Crippen molar-refractivity contribution in [3.05, 3.63) is 41.5 Å². The molecule has 1 amide bonds. The molecular weight excluding hydrogens is 236 g/mol. The molecule has 3 nitrogen and oxygen atoms in total. The Hall–Kier alpha value is -1.61. The fourth-order valence-corrected chi connectivity index (χ4v) is 2.68. The Labute approximate surface area is 115 Å². The standard InChI is InChI=1S/C16H22N2O/c1-13(11-14-7-4-3-5-8-14)12-18-10-6-9-15(18)16(19)17-2/h3-5,7-8,11,15H,6,9-10,12H2,1-2H3,(H,17,19)/t15-/m0/s1. The molecule has 1 fully saturated rings. The summed E-state index contributed by atoms with van der Waals surface area (Å²) in [6, 6.07) is 10.4. The lowest BCUT2D eigenvalue weighted by atomic mass is 10.1. The van der Waals surface area contributed by atoms with E-state index in [0.717, 1.165) is 25.9 Å². The minimum absolute atomic E-state index is 0.0455. The van der Waals surface area contributed by atoms with E-state index in [1.54, 1.807) is 7.05 Å². The van der Waals surface area contributed by atoms with Gasteiger partial charge >= 0.3 is 0 Å². The Morgan fingerprint density at radius 1 is 1.42 bits per heavy atom. The molecule has 1 saturated heterocycles. The smallest absolute Gasteiger partial charge is 0.237 e. The fraction of sp³-hybridized carbons (Fsp3) is 0.438. The third-order valence-corrected chi connectivity index (χ3v) is 3.58. The van der Waals surface area contributed by atoms with E-state index in [1.165, 1.54) is 11.1 Å². The van der Waals surface area contributed by atoms with Crippen molar-refractivity contribution in [3.63, 3.8) is 0 Å². The normalized spacial score (nSPS) is 20.5. The van der Waals surface area contributed by atoms with Crippen LogP contribution < -0.4 is 5.32 Å². The highest BCUT2D eigenvalue weighted by Crippen LogP contribution is 2.19. The lowest BCUT2D eigenvalue weighted by Crippen LogP contribution is -2.42. The first-order valence-electron chi connectivity index (χ1n) is 6.88. The van der Waals surface area contributed by atoms with E-state index in [9.17, 15) is 4.79 Å². The molecule has 0 aliphatic carbocycles. The van der Waals surface area contributed by atoms with Crippen LogP contribution in [0.25, 0.3) is 6.08 Å². The van der Waals surface area contributed by atoms with Crippen molar-refractivity contribution in [1.82, 2.24) is 10.2 Å². The van der Waals surface area contributed by atoms with Crippen LogP contribution in [0.1, 0.15) is 25.3 Å². The molecule has 0 bridgehead atoms. The number of hydrogen-bond acceptors (Lipinski definition) is 2. The molecule has 1 aromatic rings. The molecule has 1 aliphatic rings. The van der Waals surface area contributed by atoms with Crippen LogP contribution in [0.15, 0.2) is 35.9 Å². The molecule has 0 saturated carbocycles. The Morgan fingerprint density at radius 2 is 2.16 bits per heavy atom. The molecule has 3 heteroatoms. The van der Waals surface area contributed by atoms with Gasteiger partial charge in [-0.1, -0.05) is 42.0 Å². The first-order chi connectivity index (χ1) is 9.20. The molecule has 0 aromatic heterocycles. The summed E-state index contributed by atoms with van der Waals surface area (Å²) < 4.78 is 0. The molecule has 0 radical (unpaired) electrons. The second-order valence-electron chi connectivity index (χ2n) is 5.14. The first-order valence-corrected chi connectivity index (χ1v) is 6.88. The van der Waals surface area contributed by atoms with Crippen LogP contribution in [0, 0.1) is 0 Å². The number of benzene rings is 1. The number of rotatable bonds is 4. The van der Waals surface area contributed by atoms with Crippen LogP contribution in [0.2, 0.25) is 0 Å². The lowest BCUT2D eigenvalue weighted by Gasteiger charge is -2.23. The molecule has 1 aliphatic heterocycles. The molecule has 1 N–H and O–H groups in total. The van der Waals surface area contributed by atoms with Gasteiger partial charge in [-0.05, 0) is 31.9 Å². The highest BCUT2D eigenvalue weighted by Gasteiger charge is 2.29. The van der Waals surface area contributed by atoms with Crippen LogP contribution in [0.3, 0.4) is 0 Å². The maximum atomic E-state index is 11.8. The predicted octanol–water partition coefficient (Wildman–Crippen LogP) is 2.30. The molecule has 19 heavy (non-hydrogen) atoms. The molecule has 0 spiro atoms. The molecule has 1 atom stereocenters. The van der Waals surface area contributed by atoms with Gasteiger partial charge in [0.05, 0.1) is 6.04 Å². The number of nitrogens with one attached hydrogen (secondary N) is 1. The van der Waals surface area contributed by atoms with Gasteiger partial charge in [-0.15, -0.1) is 0 Å². The van der Waals surface area contributed by atoms with Gasteiger partial charge in [0.1, 0.15) is 0 Å². The molecule has 1 heterocycles. The Balaban J connectivity index is 2.00. The van der Waals surface area contributed by atoms with Gasteiger partial charge < -0.3 is 5.32 Å². The second-order valence-corrected chi connectivity index (χ2v) is 5.14. The number of carbonyl (C=O) groups is 1. The summed E-state index contributed by atoms with van der Waals surface area (Å²) in [6.45, 7) is 4.01. The summed E-state index contributed by atoms with van der Waals surface area (Å²) >= 11 is 0. The number of nitrogens with zero attached hydrogens (tertiary/aromatic N) is 1. The minimum atomic E-state index is 0.0455. The van der Waals surface area contributed by atoms with E-state index < -0.39 is 0 Å². The minimum Gasteiger partial charge on any atom is -0.358 e. The fourth-order valence-electron chi connectivity index (χ4n) is 2.68. The van der Waals surface area contributed by atoms with Crippen molar-refractivity contribution < 1.29 is 4.79 Å². The average molecular weight is 258 g/mol. The summed E-state index contributed by atoms with van der Waals surface area (Å²) in [6.07, 6.45) is 4.27. The van der Waals surface area contributed by atoms with E-state index in [2.05, 4.69) is 35.3 Å². The predicted molar refractivity (Wildman–Crippen MR) is 78.8 cm³/mol. The van der Waals surface area contributed by atoms with Crippen molar-refractivity contribution in [2.45, 2.75) is 25.8 Å². The third kappa shape index (κ3) is 3.67. The maximum absolute atomic E-state index is 11.8. The van der Waals surface area contributed by atoms with Gasteiger partial charge in [-0.3, -0.25) is 9.69 Å². The van der Waals surface area contributed by atoms with Crippen molar-refractivity contribution >= 4 is 12.0 Å². The monoisotopic (exact) mass is 258 g/mol. The zero-order valence-corrected chi connectivity index (χ0v) is 11.7. The Bertz CT molecular complexity index is 453. The van der Waals surface area contributed by atoms with E-state index in [4.69, 9.17) is 0 Å². The average Bonchev–Trinajstić information content (AvgIpc) is 2.87. The van der Waals surface area contributed by atoms with Gasteiger partial charge in [-0.25, -0.2) is 0 Å². The lowest BCUT2D eigenvalue weighted by molar-refractivity contribution is -0.124. The quantitative estimate of drug-likeness (QED) is 0.898. The highest BCUT2D eigenvalue weighted by molar-refractivity contribution is 5.81. The zero-order valence-electron chi connectivity index (χ0n) is 11.7. The van der Waals surface area contributed by atoms with Crippen LogP contribution in [0.5, 0.6) is 0 Å². The van der Waals surface area contributed by atoms with Gasteiger partial charge in [-0.2, -0.15) is 0 Å². The van der Waals surface area contributed by atoms with E-state index in [1.807, 2.05) is 18.2 Å². The second kappa shape index (κ2) is 6.53. The number of likely N-dealkylation sites (N-methyl/N-ethyl adjacent to an activating group) is 1. The summed E-state index contributed by atoms with van der Waals surface area (Å²) in [7, 11) is 1.71. The van der Waals surface area contributed by atoms with Crippen LogP contribution in [0.4, 0.5) is 0 Å². The summed E-state index contributed by atoms with van der Waals surface area (Å²) in [4.78, 5) is 14.1. The summed E-state index contributed by atoms with van der Waals surface area (Å²) in [5, 5.41) is 2.76. The van der Waals surface area contributed by atoms with E-state index in [-0.39, 0.29) is 11.9 Å². The SMILES string of the molecule is CNC(=O)[C@@H]1CCCN1CC(C)=Cc1ccccc1. The molecule has 2 rings (SSSR count).